The highest BCUT2D eigenvalue weighted by Crippen LogP contribution is 2.36. The maximum atomic E-state index is 13.3. The summed E-state index contributed by atoms with van der Waals surface area (Å²) in [4.78, 5) is 26.4. The third kappa shape index (κ3) is 3.90. The molecule has 4 aromatic rings. The van der Waals surface area contributed by atoms with Gasteiger partial charge in [-0.05, 0) is 25.0 Å². The van der Waals surface area contributed by atoms with Gasteiger partial charge in [0.15, 0.2) is 5.76 Å². The van der Waals surface area contributed by atoms with Crippen molar-refractivity contribution in [1.29, 1.82) is 0 Å². The van der Waals surface area contributed by atoms with Crippen LogP contribution in [0, 0.1) is 0 Å². The molecule has 0 aliphatic heterocycles. The van der Waals surface area contributed by atoms with Crippen molar-refractivity contribution in [3.05, 3.63) is 107 Å². The minimum atomic E-state index is -0.654. The molecule has 1 aromatic heterocycles. The molecule has 30 heavy (non-hydrogen) atoms. The Hall–Kier alpha value is -3.66. The van der Waals surface area contributed by atoms with Crippen molar-refractivity contribution in [2.45, 2.75) is 19.3 Å². The molecule has 4 heteroatoms. The number of esters is 1. The van der Waals surface area contributed by atoms with Crippen molar-refractivity contribution in [2.24, 2.45) is 0 Å². The topological polar surface area (TPSA) is 56.5 Å². The number of carbonyl (C=O) groups is 2. The molecule has 0 saturated heterocycles. The van der Waals surface area contributed by atoms with Crippen LogP contribution in [0.4, 0.5) is 0 Å². The highest BCUT2D eigenvalue weighted by molar-refractivity contribution is 6.11. The van der Waals surface area contributed by atoms with Gasteiger partial charge in [-0.25, -0.2) is 0 Å². The lowest BCUT2D eigenvalue weighted by molar-refractivity contribution is -0.144. The molecule has 1 unspecified atom stereocenters. The molecule has 0 radical (unpaired) electrons. The van der Waals surface area contributed by atoms with E-state index in [2.05, 4.69) is 0 Å². The average Bonchev–Trinajstić information content (AvgIpc) is 3.17. The number of para-hydroxylation sites is 1. The molecule has 3 aromatic carbocycles. The standard InChI is InChI=1S/C26H22O4/c1-2-29-26(28)21(17-18-11-5-3-6-12-18)23-20-15-9-10-16-22(20)30-25(23)24(27)19-13-7-4-8-14-19/h3-16,21H,2,17H2,1H3. The van der Waals surface area contributed by atoms with Crippen LogP contribution in [0.5, 0.6) is 0 Å². The summed E-state index contributed by atoms with van der Waals surface area (Å²) in [6.07, 6.45) is 0.415. The van der Waals surface area contributed by atoms with Crippen LogP contribution in [0.1, 0.15) is 40.1 Å². The third-order valence-electron chi connectivity index (χ3n) is 5.08. The molecule has 0 spiro atoms. The molecule has 0 amide bonds. The second kappa shape index (κ2) is 8.78. The van der Waals surface area contributed by atoms with Gasteiger partial charge in [0.1, 0.15) is 5.58 Å². The third-order valence-corrected chi connectivity index (χ3v) is 5.08. The molecule has 0 aliphatic rings. The van der Waals surface area contributed by atoms with Crippen molar-refractivity contribution < 1.29 is 18.7 Å². The molecule has 4 nitrogen and oxygen atoms in total. The summed E-state index contributed by atoms with van der Waals surface area (Å²) in [5.41, 5.74) is 2.66. The van der Waals surface area contributed by atoms with E-state index in [9.17, 15) is 9.59 Å². The Labute approximate surface area is 175 Å². The van der Waals surface area contributed by atoms with Crippen LogP contribution in [0.2, 0.25) is 0 Å². The summed E-state index contributed by atoms with van der Waals surface area (Å²) in [6.45, 7) is 2.04. The SMILES string of the molecule is CCOC(=O)C(Cc1ccccc1)c1c(C(=O)c2ccccc2)oc2ccccc12. The van der Waals surface area contributed by atoms with Gasteiger partial charge < -0.3 is 9.15 Å². The average molecular weight is 398 g/mol. The number of hydrogen-bond acceptors (Lipinski definition) is 4. The van der Waals surface area contributed by atoms with Crippen LogP contribution in [0.25, 0.3) is 11.0 Å². The van der Waals surface area contributed by atoms with Crippen molar-refractivity contribution in [2.75, 3.05) is 6.61 Å². The molecule has 0 N–H and O–H groups in total. The van der Waals surface area contributed by atoms with E-state index in [1.54, 1.807) is 19.1 Å². The van der Waals surface area contributed by atoms with E-state index >= 15 is 0 Å². The van der Waals surface area contributed by atoms with Gasteiger partial charge in [-0.15, -0.1) is 0 Å². The first-order valence-electron chi connectivity index (χ1n) is 10.0. The Balaban J connectivity index is 1.88. The smallest absolute Gasteiger partial charge is 0.313 e. The minimum absolute atomic E-state index is 0.191. The molecular formula is C26H22O4. The van der Waals surface area contributed by atoms with Crippen LogP contribution >= 0.6 is 0 Å². The quantitative estimate of drug-likeness (QED) is 0.302. The number of ketones is 1. The van der Waals surface area contributed by atoms with Crippen LogP contribution in [0.3, 0.4) is 0 Å². The van der Waals surface area contributed by atoms with Crippen molar-refractivity contribution >= 4 is 22.7 Å². The molecule has 0 bridgehead atoms. The first-order chi connectivity index (χ1) is 14.7. The first kappa shape index (κ1) is 19.6. The van der Waals surface area contributed by atoms with E-state index in [1.807, 2.05) is 72.8 Å². The lowest BCUT2D eigenvalue weighted by Gasteiger charge is -2.16. The van der Waals surface area contributed by atoms with E-state index in [1.165, 1.54) is 0 Å². The fourth-order valence-electron chi connectivity index (χ4n) is 3.70. The van der Waals surface area contributed by atoms with Gasteiger partial charge in [-0.1, -0.05) is 78.9 Å². The fourth-order valence-corrected chi connectivity index (χ4v) is 3.70. The van der Waals surface area contributed by atoms with Crippen LogP contribution < -0.4 is 0 Å². The number of furan rings is 1. The summed E-state index contributed by atoms with van der Waals surface area (Å²) in [6, 6.07) is 26.1. The van der Waals surface area contributed by atoms with Gasteiger partial charge in [-0.3, -0.25) is 9.59 Å². The predicted molar refractivity (Wildman–Crippen MR) is 116 cm³/mol. The Kier molecular flexibility index (Phi) is 5.75. The lowest BCUT2D eigenvalue weighted by Crippen LogP contribution is -2.20. The van der Waals surface area contributed by atoms with E-state index in [0.29, 0.717) is 23.1 Å². The summed E-state index contributed by atoms with van der Waals surface area (Å²) in [5.74, 6) is -1.07. The molecular weight excluding hydrogens is 376 g/mol. The van der Waals surface area contributed by atoms with Crippen molar-refractivity contribution in [3.63, 3.8) is 0 Å². The fraction of sp³-hybridized carbons (Fsp3) is 0.154. The number of hydrogen-bond donors (Lipinski definition) is 0. The molecule has 0 saturated carbocycles. The second-order valence-corrected chi connectivity index (χ2v) is 7.03. The second-order valence-electron chi connectivity index (χ2n) is 7.03. The number of carbonyl (C=O) groups excluding carboxylic acids is 2. The summed E-state index contributed by atoms with van der Waals surface area (Å²) < 4.78 is 11.4. The lowest BCUT2D eigenvalue weighted by atomic mass is 9.88. The Morgan fingerprint density at radius 2 is 1.50 bits per heavy atom. The molecule has 1 heterocycles. The Morgan fingerprint density at radius 3 is 2.20 bits per heavy atom. The zero-order valence-corrected chi connectivity index (χ0v) is 16.7. The van der Waals surface area contributed by atoms with Gasteiger partial charge in [-0.2, -0.15) is 0 Å². The van der Waals surface area contributed by atoms with Gasteiger partial charge in [0, 0.05) is 16.5 Å². The van der Waals surface area contributed by atoms with Gasteiger partial charge >= 0.3 is 5.97 Å². The summed E-state index contributed by atoms with van der Waals surface area (Å²) in [7, 11) is 0. The minimum Gasteiger partial charge on any atom is -0.466 e. The van der Waals surface area contributed by atoms with Gasteiger partial charge in [0.05, 0.1) is 12.5 Å². The summed E-state index contributed by atoms with van der Waals surface area (Å²) >= 11 is 0. The molecule has 4 rings (SSSR count). The van der Waals surface area contributed by atoms with Crippen LogP contribution in [-0.4, -0.2) is 18.4 Å². The van der Waals surface area contributed by atoms with Crippen molar-refractivity contribution in [1.82, 2.24) is 0 Å². The maximum Gasteiger partial charge on any atom is 0.313 e. The molecule has 1 atom stereocenters. The van der Waals surface area contributed by atoms with Crippen LogP contribution in [0.15, 0.2) is 89.3 Å². The van der Waals surface area contributed by atoms with E-state index in [0.717, 1.165) is 10.9 Å². The maximum absolute atomic E-state index is 13.3. The van der Waals surface area contributed by atoms with Crippen molar-refractivity contribution in [3.8, 4) is 0 Å². The zero-order valence-electron chi connectivity index (χ0n) is 16.7. The van der Waals surface area contributed by atoms with E-state index in [-0.39, 0.29) is 24.1 Å². The van der Waals surface area contributed by atoms with Crippen LogP contribution in [-0.2, 0) is 16.0 Å². The zero-order chi connectivity index (χ0) is 20.9. The predicted octanol–water partition coefficient (Wildman–Crippen LogP) is 5.55. The van der Waals surface area contributed by atoms with E-state index in [4.69, 9.17) is 9.15 Å². The van der Waals surface area contributed by atoms with Gasteiger partial charge in [0.25, 0.3) is 0 Å². The first-order valence-corrected chi connectivity index (χ1v) is 10.0. The molecule has 0 fully saturated rings. The molecule has 150 valence electrons. The van der Waals surface area contributed by atoms with E-state index < -0.39 is 5.92 Å². The Morgan fingerprint density at radius 1 is 0.867 bits per heavy atom. The number of fused-ring (bicyclic) bond motifs is 1. The van der Waals surface area contributed by atoms with Gasteiger partial charge in [0.2, 0.25) is 5.78 Å². The molecule has 0 aliphatic carbocycles. The highest BCUT2D eigenvalue weighted by Gasteiger charge is 2.32. The summed E-state index contributed by atoms with van der Waals surface area (Å²) in [5, 5.41) is 0.755. The highest BCUT2D eigenvalue weighted by atomic mass is 16.5. The monoisotopic (exact) mass is 398 g/mol. The normalized spacial score (nSPS) is 11.9. The number of benzene rings is 3. The number of rotatable bonds is 7. The number of ether oxygens (including phenoxy) is 1. The Bertz CT molecular complexity index is 1160. The largest absolute Gasteiger partial charge is 0.466 e.